The summed E-state index contributed by atoms with van der Waals surface area (Å²) in [6, 6.07) is 27.7. The smallest absolute Gasteiger partial charge is 0.199 e. The van der Waals surface area contributed by atoms with Crippen molar-refractivity contribution in [1.29, 1.82) is 0 Å². The van der Waals surface area contributed by atoms with E-state index in [-0.39, 0.29) is 0 Å². The third kappa shape index (κ3) is 3.19. The number of benzene rings is 3. The number of rotatable bonds is 4. The van der Waals surface area contributed by atoms with Gasteiger partial charge >= 0.3 is 0 Å². The third-order valence-corrected chi connectivity index (χ3v) is 8.81. The van der Waals surface area contributed by atoms with Crippen molar-refractivity contribution in [2.45, 2.75) is 11.8 Å². The van der Waals surface area contributed by atoms with Crippen molar-refractivity contribution in [3.05, 3.63) is 90.5 Å². The highest BCUT2D eigenvalue weighted by molar-refractivity contribution is 8.62. The minimum Gasteiger partial charge on any atom is -0.302 e. The van der Waals surface area contributed by atoms with Gasteiger partial charge < -0.3 is 4.57 Å². The van der Waals surface area contributed by atoms with Crippen LogP contribution >= 0.6 is 17.7 Å². The van der Waals surface area contributed by atoms with E-state index < -0.39 is 6.34 Å². The Hall–Kier alpha value is -1.76. The molecule has 0 aliphatic rings. The summed E-state index contributed by atoms with van der Waals surface area (Å²) in [7, 11) is 0. The van der Waals surface area contributed by atoms with Gasteiger partial charge in [0.05, 0.1) is 0 Å². The molecule has 0 unspecified atom stereocenters. The van der Waals surface area contributed by atoms with Crippen molar-refractivity contribution in [3.8, 4) is 0 Å². The van der Waals surface area contributed by atoms with E-state index in [4.69, 9.17) is 0 Å². The standard InChI is InChI=1S/C19H17OPS/c1-16-12-14-19(15-13-16)22-21(20,17-8-4-2-5-9-17)18-10-6-3-7-11-18/h2-15H,1H3. The Morgan fingerprint density at radius 3 is 1.59 bits per heavy atom. The van der Waals surface area contributed by atoms with Crippen LogP contribution in [0.3, 0.4) is 0 Å². The Morgan fingerprint density at radius 1 is 0.682 bits per heavy atom. The minimum absolute atomic E-state index is 0.881. The Balaban J connectivity index is 2.08. The summed E-state index contributed by atoms with van der Waals surface area (Å²) in [6.45, 7) is 2.06. The molecule has 0 saturated heterocycles. The first kappa shape index (κ1) is 15.1. The highest BCUT2D eigenvalue weighted by Crippen LogP contribution is 2.59. The zero-order valence-electron chi connectivity index (χ0n) is 12.3. The van der Waals surface area contributed by atoms with E-state index in [1.54, 1.807) is 0 Å². The molecule has 110 valence electrons. The highest BCUT2D eigenvalue weighted by atomic mass is 32.7. The van der Waals surface area contributed by atoms with Crippen molar-refractivity contribution < 1.29 is 4.57 Å². The molecule has 0 spiro atoms. The summed E-state index contributed by atoms with van der Waals surface area (Å²) in [5, 5.41) is 1.76. The predicted molar refractivity (Wildman–Crippen MR) is 96.8 cm³/mol. The van der Waals surface area contributed by atoms with Crippen LogP contribution < -0.4 is 10.6 Å². The van der Waals surface area contributed by atoms with E-state index >= 15 is 0 Å². The zero-order chi connectivity index (χ0) is 15.4. The van der Waals surface area contributed by atoms with Crippen molar-refractivity contribution in [3.63, 3.8) is 0 Å². The molecule has 0 aromatic heterocycles. The summed E-state index contributed by atoms with van der Waals surface area (Å²) >= 11 is 1.46. The lowest BCUT2D eigenvalue weighted by Gasteiger charge is -2.18. The number of aryl methyl sites for hydroxylation is 1. The lowest BCUT2D eigenvalue weighted by molar-refractivity contribution is 0.595. The molecule has 3 heteroatoms. The molecular weight excluding hydrogens is 307 g/mol. The van der Waals surface area contributed by atoms with Gasteiger partial charge in [-0.1, -0.05) is 89.7 Å². The van der Waals surface area contributed by atoms with Gasteiger partial charge in [0.25, 0.3) is 0 Å². The molecule has 3 aromatic rings. The first-order valence-corrected chi connectivity index (χ1v) is 10.3. The van der Waals surface area contributed by atoms with Gasteiger partial charge in [0.1, 0.15) is 0 Å². The molecular formula is C19H17OPS. The molecule has 0 saturated carbocycles. The van der Waals surface area contributed by atoms with Crippen molar-refractivity contribution in [2.24, 2.45) is 0 Å². The topological polar surface area (TPSA) is 17.1 Å². The van der Waals surface area contributed by atoms with Crippen LogP contribution in [0.2, 0.25) is 0 Å². The molecule has 0 aliphatic carbocycles. The van der Waals surface area contributed by atoms with Gasteiger partial charge in [-0.3, -0.25) is 0 Å². The van der Waals surface area contributed by atoms with E-state index in [1.807, 2.05) is 72.8 Å². The maximum atomic E-state index is 13.8. The molecule has 0 heterocycles. The van der Waals surface area contributed by atoms with Crippen LogP contribution in [0.4, 0.5) is 0 Å². The lowest BCUT2D eigenvalue weighted by atomic mass is 10.2. The second kappa shape index (κ2) is 6.56. The summed E-state index contributed by atoms with van der Waals surface area (Å²) in [5.74, 6) is 0. The van der Waals surface area contributed by atoms with Crippen molar-refractivity contribution in [1.82, 2.24) is 0 Å². The Bertz CT molecular complexity index is 739. The van der Waals surface area contributed by atoms with Gasteiger partial charge in [0.15, 0.2) is 6.34 Å². The van der Waals surface area contributed by atoms with Crippen LogP contribution in [0.5, 0.6) is 0 Å². The Labute approximate surface area is 135 Å². The molecule has 3 aromatic carbocycles. The summed E-state index contributed by atoms with van der Waals surface area (Å²) in [6.07, 6.45) is -2.74. The quantitative estimate of drug-likeness (QED) is 0.627. The van der Waals surface area contributed by atoms with Gasteiger partial charge in [-0.15, -0.1) is 0 Å². The van der Waals surface area contributed by atoms with Crippen LogP contribution in [0.25, 0.3) is 0 Å². The maximum Gasteiger partial charge on any atom is 0.199 e. The normalized spacial score (nSPS) is 11.3. The van der Waals surface area contributed by atoms with Crippen LogP contribution in [0, 0.1) is 6.92 Å². The van der Waals surface area contributed by atoms with Crippen molar-refractivity contribution in [2.75, 3.05) is 0 Å². The van der Waals surface area contributed by atoms with E-state index in [0.29, 0.717) is 0 Å². The average molecular weight is 324 g/mol. The zero-order valence-corrected chi connectivity index (χ0v) is 14.1. The van der Waals surface area contributed by atoms with E-state index in [1.165, 1.54) is 16.9 Å². The third-order valence-electron chi connectivity index (χ3n) is 3.45. The molecule has 22 heavy (non-hydrogen) atoms. The summed E-state index contributed by atoms with van der Waals surface area (Å²) < 4.78 is 13.8. The SMILES string of the molecule is Cc1ccc(SP(=O)(c2ccccc2)c2ccccc2)cc1. The lowest BCUT2D eigenvalue weighted by Crippen LogP contribution is -2.13. The molecule has 1 nitrogen and oxygen atoms in total. The fraction of sp³-hybridized carbons (Fsp3) is 0.0526. The molecule has 0 bridgehead atoms. The predicted octanol–water partition coefficient (Wildman–Crippen LogP) is 5.02. The van der Waals surface area contributed by atoms with Crippen LogP contribution in [0.15, 0.2) is 89.8 Å². The number of hydrogen-bond donors (Lipinski definition) is 0. The first-order chi connectivity index (χ1) is 10.7. The summed E-state index contributed by atoms with van der Waals surface area (Å²) in [5.41, 5.74) is 1.21. The van der Waals surface area contributed by atoms with Crippen molar-refractivity contribution >= 4 is 28.3 Å². The first-order valence-electron chi connectivity index (χ1n) is 7.16. The fourth-order valence-corrected chi connectivity index (χ4v) is 7.06. The van der Waals surface area contributed by atoms with Crippen LogP contribution in [0.1, 0.15) is 5.56 Å². The monoisotopic (exact) mass is 324 g/mol. The van der Waals surface area contributed by atoms with Gasteiger partial charge in [-0.2, -0.15) is 0 Å². The fourth-order valence-electron chi connectivity index (χ4n) is 2.25. The Morgan fingerprint density at radius 2 is 1.14 bits per heavy atom. The molecule has 0 atom stereocenters. The average Bonchev–Trinajstić information content (AvgIpc) is 2.58. The molecule has 0 fully saturated rings. The largest absolute Gasteiger partial charge is 0.302 e. The highest BCUT2D eigenvalue weighted by Gasteiger charge is 2.28. The molecule has 0 aliphatic heterocycles. The second-order valence-electron chi connectivity index (χ2n) is 5.13. The molecule has 3 rings (SSSR count). The van der Waals surface area contributed by atoms with E-state index in [9.17, 15) is 4.57 Å². The van der Waals surface area contributed by atoms with E-state index in [2.05, 4.69) is 19.1 Å². The van der Waals surface area contributed by atoms with Crippen LogP contribution in [-0.4, -0.2) is 0 Å². The van der Waals surface area contributed by atoms with Gasteiger partial charge in [-0.25, -0.2) is 0 Å². The molecule has 0 amide bonds. The molecule has 0 N–H and O–H groups in total. The number of hydrogen-bond acceptors (Lipinski definition) is 2. The second-order valence-corrected chi connectivity index (χ2v) is 10.0. The summed E-state index contributed by atoms with van der Waals surface area (Å²) in [4.78, 5) is 1.03. The minimum atomic E-state index is -2.74. The van der Waals surface area contributed by atoms with Crippen LogP contribution in [-0.2, 0) is 4.57 Å². The van der Waals surface area contributed by atoms with E-state index in [0.717, 1.165) is 15.5 Å². The van der Waals surface area contributed by atoms with Gasteiger partial charge in [-0.05, 0) is 19.1 Å². The molecule has 0 radical (unpaired) electrons. The van der Waals surface area contributed by atoms with Gasteiger partial charge in [0, 0.05) is 15.5 Å². The van der Waals surface area contributed by atoms with Gasteiger partial charge in [0.2, 0.25) is 0 Å². The Kier molecular flexibility index (Phi) is 4.52. The maximum absolute atomic E-state index is 13.8.